The van der Waals surface area contributed by atoms with Crippen LogP contribution in [0.3, 0.4) is 0 Å². The first-order valence-electron chi connectivity index (χ1n) is 10.8. The maximum absolute atomic E-state index is 12.2. The zero-order valence-corrected chi connectivity index (χ0v) is 17.7. The average Bonchev–Trinajstić information content (AvgIpc) is 3.24. The standard InChI is InChI=1S/C26H24N4O2.CH4/c1-2-25(31)29-16-6-7-20(18-29)30-24-14-15-27-17-23(24)26(28-30)19-10-12-22(13-11-19)32-21-8-4-3-5-9-21;/h2-5,8-15,17,20H,1,6-7,16,18H2;1H4/t20-;/m1./s1. The van der Waals surface area contributed by atoms with Gasteiger partial charge in [-0.1, -0.05) is 32.2 Å². The van der Waals surface area contributed by atoms with Crippen molar-refractivity contribution in [1.29, 1.82) is 0 Å². The highest BCUT2D eigenvalue weighted by Gasteiger charge is 2.26. The van der Waals surface area contributed by atoms with Gasteiger partial charge in [-0.2, -0.15) is 5.10 Å². The number of rotatable bonds is 5. The number of nitrogens with zero attached hydrogens (tertiary/aromatic N) is 4. The molecule has 0 N–H and O–H groups in total. The predicted molar refractivity (Wildman–Crippen MR) is 131 cm³/mol. The number of likely N-dealkylation sites (tertiary alicyclic amines) is 1. The zero-order chi connectivity index (χ0) is 21.9. The lowest BCUT2D eigenvalue weighted by molar-refractivity contribution is -0.127. The molecule has 1 aliphatic rings. The Labute approximate surface area is 194 Å². The van der Waals surface area contributed by atoms with Gasteiger partial charge in [-0.25, -0.2) is 0 Å². The van der Waals surface area contributed by atoms with E-state index >= 15 is 0 Å². The van der Waals surface area contributed by atoms with Crippen molar-refractivity contribution in [3.8, 4) is 22.8 Å². The van der Waals surface area contributed by atoms with Gasteiger partial charge < -0.3 is 9.64 Å². The van der Waals surface area contributed by atoms with E-state index in [1.165, 1.54) is 6.08 Å². The van der Waals surface area contributed by atoms with Crippen LogP contribution in [0.25, 0.3) is 22.2 Å². The van der Waals surface area contributed by atoms with E-state index in [2.05, 4.69) is 16.2 Å². The topological polar surface area (TPSA) is 60.2 Å². The highest BCUT2D eigenvalue weighted by Crippen LogP contribution is 2.33. The fourth-order valence-electron chi connectivity index (χ4n) is 4.27. The lowest BCUT2D eigenvalue weighted by atomic mass is 10.1. The molecule has 33 heavy (non-hydrogen) atoms. The van der Waals surface area contributed by atoms with E-state index in [1.54, 1.807) is 6.20 Å². The minimum Gasteiger partial charge on any atom is -0.457 e. The summed E-state index contributed by atoms with van der Waals surface area (Å²) in [6.07, 6.45) is 6.95. The van der Waals surface area contributed by atoms with E-state index in [0.29, 0.717) is 6.54 Å². The van der Waals surface area contributed by atoms with Crippen LogP contribution in [-0.4, -0.2) is 38.7 Å². The van der Waals surface area contributed by atoms with Crippen molar-refractivity contribution >= 4 is 16.8 Å². The summed E-state index contributed by atoms with van der Waals surface area (Å²) in [6.45, 7) is 5.02. The highest BCUT2D eigenvalue weighted by molar-refractivity contribution is 5.93. The van der Waals surface area contributed by atoms with Crippen molar-refractivity contribution in [3.63, 3.8) is 0 Å². The number of hydrogen-bond acceptors (Lipinski definition) is 4. The van der Waals surface area contributed by atoms with Crippen LogP contribution in [0.15, 0.2) is 85.7 Å². The molecule has 168 valence electrons. The third-order valence-corrected chi connectivity index (χ3v) is 5.84. The normalized spacial score (nSPS) is 15.6. The first-order valence-corrected chi connectivity index (χ1v) is 10.8. The van der Waals surface area contributed by atoms with Crippen LogP contribution in [0, 0.1) is 0 Å². The highest BCUT2D eigenvalue weighted by atomic mass is 16.5. The van der Waals surface area contributed by atoms with E-state index < -0.39 is 0 Å². The maximum Gasteiger partial charge on any atom is 0.246 e. The van der Waals surface area contributed by atoms with Gasteiger partial charge in [0, 0.05) is 36.4 Å². The van der Waals surface area contributed by atoms with Gasteiger partial charge in [0.15, 0.2) is 0 Å². The van der Waals surface area contributed by atoms with Crippen LogP contribution in [0.4, 0.5) is 0 Å². The second-order valence-corrected chi connectivity index (χ2v) is 7.91. The Hall–Kier alpha value is -3.93. The predicted octanol–water partition coefficient (Wildman–Crippen LogP) is 5.88. The van der Waals surface area contributed by atoms with Gasteiger partial charge in [-0.05, 0) is 61.4 Å². The molecule has 0 saturated carbocycles. The molecule has 0 spiro atoms. The maximum atomic E-state index is 12.2. The van der Waals surface area contributed by atoms with Crippen molar-refractivity contribution in [2.75, 3.05) is 13.1 Å². The third-order valence-electron chi connectivity index (χ3n) is 5.84. The average molecular weight is 441 g/mol. The van der Waals surface area contributed by atoms with Crippen LogP contribution >= 0.6 is 0 Å². The summed E-state index contributed by atoms with van der Waals surface area (Å²) in [5.74, 6) is 1.55. The Morgan fingerprint density at radius 3 is 2.58 bits per heavy atom. The number of carbonyl (C=O) groups is 1. The van der Waals surface area contributed by atoms with Crippen LogP contribution in [0.1, 0.15) is 26.3 Å². The minimum atomic E-state index is -0.0259. The van der Waals surface area contributed by atoms with E-state index in [4.69, 9.17) is 9.84 Å². The Bertz CT molecular complexity index is 1250. The Morgan fingerprint density at radius 2 is 1.82 bits per heavy atom. The first-order chi connectivity index (χ1) is 15.7. The summed E-state index contributed by atoms with van der Waals surface area (Å²) in [5.41, 5.74) is 2.90. The smallest absolute Gasteiger partial charge is 0.246 e. The van der Waals surface area contributed by atoms with Gasteiger partial charge in [0.25, 0.3) is 0 Å². The molecular formula is C27H28N4O2. The molecule has 6 nitrogen and oxygen atoms in total. The number of amides is 1. The van der Waals surface area contributed by atoms with Gasteiger partial charge in [0.2, 0.25) is 5.91 Å². The summed E-state index contributed by atoms with van der Waals surface area (Å²) in [4.78, 5) is 18.3. The zero-order valence-electron chi connectivity index (χ0n) is 17.7. The molecule has 1 fully saturated rings. The summed E-state index contributed by atoms with van der Waals surface area (Å²) in [5, 5.41) is 5.99. The lowest BCUT2D eigenvalue weighted by Crippen LogP contribution is -2.40. The Balaban J connectivity index is 0.00000259. The SMILES string of the molecule is C.C=CC(=O)N1CCC[C@@H](n2nc(-c3ccc(Oc4ccccc4)cc3)c3cnccc32)C1. The molecule has 1 atom stereocenters. The van der Waals surface area contributed by atoms with Crippen LogP contribution in [0.2, 0.25) is 0 Å². The van der Waals surface area contributed by atoms with Crippen molar-refractivity contribution in [2.24, 2.45) is 0 Å². The van der Waals surface area contributed by atoms with Crippen molar-refractivity contribution in [3.05, 3.63) is 85.7 Å². The number of pyridine rings is 1. The first kappa shape index (κ1) is 22.3. The minimum absolute atomic E-state index is 0. The molecule has 3 heterocycles. The largest absolute Gasteiger partial charge is 0.457 e. The van der Waals surface area contributed by atoms with Crippen molar-refractivity contribution < 1.29 is 9.53 Å². The molecule has 1 aliphatic heterocycles. The quantitative estimate of drug-likeness (QED) is 0.364. The lowest BCUT2D eigenvalue weighted by Gasteiger charge is -2.32. The van der Waals surface area contributed by atoms with Crippen LogP contribution in [0.5, 0.6) is 11.5 Å². The monoisotopic (exact) mass is 440 g/mol. The number of piperidine rings is 1. The van der Waals surface area contributed by atoms with Gasteiger partial charge in [-0.3, -0.25) is 14.5 Å². The van der Waals surface area contributed by atoms with E-state index in [9.17, 15) is 4.79 Å². The van der Waals surface area contributed by atoms with Crippen molar-refractivity contribution in [1.82, 2.24) is 19.7 Å². The molecule has 1 saturated heterocycles. The molecule has 2 aromatic carbocycles. The second-order valence-electron chi connectivity index (χ2n) is 7.91. The van der Waals surface area contributed by atoms with Gasteiger partial charge in [-0.15, -0.1) is 0 Å². The summed E-state index contributed by atoms with van der Waals surface area (Å²) in [6, 6.07) is 19.8. The van der Waals surface area contributed by atoms with E-state index in [1.807, 2.05) is 71.8 Å². The van der Waals surface area contributed by atoms with Gasteiger partial charge in [0.05, 0.1) is 11.6 Å². The van der Waals surface area contributed by atoms with Crippen molar-refractivity contribution in [2.45, 2.75) is 26.3 Å². The molecule has 4 aromatic rings. The fraction of sp³-hybridized carbons (Fsp3) is 0.222. The number of carbonyl (C=O) groups excluding carboxylic acids is 1. The Morgan fingerprint density at radius 1 is 1.06 bits per heavy atom. The molecule has 2 aromatic heterocycles. The van der Waals surface area contributed by atoms with E-state index in [0.717, 1.165) is 53.0 Å². The van der Waals surface area contributed by atoms with Gasteiger partial charge >= 0.3 is 0 Å². The molecule has 0 radical (unpaired) electrons. The third kappa shape index (κ3) is 4.51. The van der Waals surface area contributed by atoms with Gasteiger partial charge in [0.1, 0.15) is 17.2 Å². The summed E-state index contributed by atoms with van der Waals surface area (Å²) in [7, 11) is 0. The number of para-hydroxylation sites is 1. The van der Waals surface area contributed by atoms with E-state index in [-0.39, 0.29) is 19.4 Å². The molecule has 6 heteroatoms. The molecule has 0 aliphatic carbocycles. The Kier molecular flexibility index (Phi) is 6.54. The number of fused-ring (bicyclic) bond motifs is 1. The summed E-state index contributed by atoms with van der Waals surface area (Å²) < 4.78 is 7.98. The molecular weight excluding hydrogens is 412 g/mol. The van der Waals surface area contributed by atoms with Crippen LogP contribution < -0.4 is 4.74 Å². The molecule has 1 amide bonds. The summed E-state index contributed by atoms with van der Waals surface area (Å²) >= 11 is 0. The molecule has 0 unspecified atom stereocenters. The number of hydrogen-bond donors (Lipinski definition) is 0. The second kappa shape index (κ2) is 9.69. The number of ether oxygens (including phenoxy) is 1. The number of aromatic nitrogens is 3. The molecule has 5 rings (SSSR count). The molecule has 0 bridgehead atoms. The fourth-order valence-corrected chi connectivity index (χ4v) is 4.27. The number of benzene rings is 2. The van der Waals surface area contributed by atoms with Crippen LogP contribution in [-0.2, 0) is 4.79 Å².